The van der Waals surface area contributed by atoms with E-state index in [-0.39, 0.29) is 10.8 Å². The fourth-order valence-corrected chi connectivity index (χ4v) is 9.28. The fraction of sp³-hybridized carbons (Fsp3) is 0.125. The normalized spacial score (nSPS) is 14.9. The van der Waals surface area contributed by atoms with E-state index in [4.69, 9.17) is 0 Å². The topological polar surface area (TPSA) is 3.24 Å². The first-order valence-electron chi connectivity index (χ1n) is 17.5. The first kappa shape index (κ1) is 28.4. The first-order chi connectivity index (χ1) is 23.8. The van der Waals surface area contributed by atoms with E-state index < -0.39 is 0 Å². The van der Waals surface area contributed by atoms with Crippen molar-refractivity contribution < 1.29 is 0 Å². The van der Waals surface area contributed by atoms with Gasteiger partial charge in [-0.25, -0.2) is 0 Å². The van der Waals surface area contributed by atoms with Gasteiger partial charge in [-0.3, -0.25) is 0 Å². The van der Waals surface area contributed by atoms with Crippen LogP contribution >= 0.6 is 0 Å². The van der Waals surface area contributed by atoms with E-state index in [1.54, 1.807) is 0 Å². The van der Waals surface area contributed by atoms with Gasteiger partial charge in [0, 0.05) is 27.6 Å². The Bertz CT molecular complexity index is 2660. The molecule has 8 aromatic carbocycles. The van der Waals surface area contributed by atoms with Crippen LogP contribution in [-0.2, 0) is 10.8 Å². The molecule has 49 heavy (non-hydrogen) atoms. The molecule has 234 valence electrons. The highest BCUT2D eigenvalue weighted by molar-refractivity contribution is 6.11. The molecule has 2 aliphatic carbocycles. The average molecular weight is 628 g/mol. The number of nitrogens with zero attached hydrogens (tertiary/aromatic N) is 1. The molecule has 0 saturated heterocycles. The molecule has 0 N–H and O–H groups in total. The van der Waals surface area contributed by atoms with Crippen molar-refractivity contribution in [2.24, 2.45) is 0 Å². The third-order valence-electron chi connectivity index (χ3n) is 11.6. The van der Waals surface area contributed by atoms with Gasteiger partial charge in [-0.1, -0.05) is 149 Å². The van der Waals surface area contributed by atoms with Gasteiger partial charge in [0.05, 0.1) is 5.69 Å². The highest BCUT2D eigenvalue weighted by Crippen LogP contribution is 2.56. The fourth-order valence-electron chi connectivity index (χ4n) is 9.28. The van der Waals surface area contributed by atoms with Crippen LogP contribution in [0.4, 0.5) is 17.1 Å². The summed E-state index contributed by atoms with van der Waals surface area (Å²) in [7, 11) is 0. The zero-order valence-electron chi connectivity index (χ0n) is 28.4. The molecule has 8 aromatic rings. The molecule has 0 spiro atoms. The van der Waals surface area contributed by atoms with E-state index >= 15 is 0 Å². The summed E-state index contributed by atoms with van der Waals surface area (Å²) in [6.07, 6.45) is 0. The molecule has 0 heterocycles. The largest absolute Gasteiger partial charge is 0.310 e. The van der Waals surface area contributed by atoms with Crippen LogP contribution in [0, 0.1) is 0 Å². The standard InChI is InChI=1S/C48H37N/c1-47(2)40-21-13-12-20-38(40)45-37-19-11-10-18-36(37)43(29-42(45)47)49(32-15-6-5-7-16-32)33-24-26-35-31(28-33)22-25-39-44-34-17-9-8-14-30(34)23-27-41(44)48(3,4)46(35)39/h5-29H,1-4H3. The molecule has 0 radical (unpaired) electrons. The Morgan fingerprint density at radius 3 is 1.90 bits per heavy atom. The number of rotatable bonds is 3. The summed E-state index contributed by atoms with van der Waals surface area (Å²) < 4.78 is 0. The highest BCUT2D eigenvalue weighted by atomic mass is 15.1. The van der Waals surface area contributed by atoms with Gasteiger partial charge in [-0.05, 0) is 102 Å². The molecular weight excluding hydrogens is 591 g/mol. The van der Waals surface area contributed by atoms with Gasteiger partial charge in [-0.2, -0.15) is 0 Å². The van der Waals surface area contributed by atoms with Gasteiger partial charge in [0.25, 0.3) is 0 Å². The van der Waals surface area contributed by atoms with E-state index in [0.29, 0.717) is 0 Å². The molecule has 0 atom stereocenters. The van der Waals surface area contributed by atoms with Gasteiger partial charge >= 0.3 is 0 Å². The summed E-state index contributed by atoms with van der Waals surface area (Å²) in [6.45, 7) is 9.55. The second-order valence-corrected chi connectivity index (χ2v) is 14.9. The third-order valence-corrected chi connectivity index (χ3v) is 11.6. The van der Waals surface area contributed by atoms with E-state index in [0.717, 1.165) is 11.4 Å². The average Bonchev–Trinajstić information content (AvgIpc) is 3.52. The number of benzene rings is 8. The van der Waals surface area contributed by atoms with Gasteiger partial charge in [0.15, 0.2) is 0 Å². The Kier molecular flexibility index (Phi) is 5.75. The van der Waals surface area contributed by atoms with Gasteiger partial charge in [-0.15, -0.1) is 0 Å². The number of fused-ring (bicyclic) bond motifs is 12. The highest BCUT2D eigenvalue weighted by Gasteiger charge is 2.39. The van der Waals surface area contributed by atoms with Crippen molar-refractivity contribution in [3.05, 3.63) is 174 Å². The van der Waals surface area contributed by atoms with E-state index in [2.05, 4.69) is 184 Å². The Hall–Kier alpha value is -5.66. The van der Waals surface area contributed by atoms with Crippen molar-refractivity contribution >= 4 is 49.4 Å². The van der Waals surface area contributed by atoms with Crippen molar-refractivity contribution in [1.29, 1.82) is 0 Å². The van der Waals surface area contributed by atoms with Crippen molar-refractivity contribution in [3.8, 4) is 22.3 Å². The van der Waals surface area contributed by atoms with Gasteiger partial charge in [0.1, 0.15) is 0 Å². The minimum Gasteiger partial charge on any atom is -0.310 e. The predicted molar refractivity (Wildman–Crippen MR) is 209 cm³/mol. The summed E-state index contributed by atoms with van der Waals surface area (Å²) >= 11 is 0. The lowest BCUT2D eigenvalue weighted by atomic mass is 9.80. The van der Waals surface area contributed by atoms with E-state index in [1.807, 2.05) is 0 Å². The van der Waals surface area contributed by atoms with Crippen LogP contribution in [0.3, 0.4) is 0 Å². The molecule has 0 aliphatic heterocycles. The molecule has 2 aliphatic rings. The van der Waals surface area contributed by atoms with Crippen LogP contribution in [0.1, 0.15) is 49.9 Å². The number of hydrogen-bond acceptors (Lipinski definition) is 1. The molecule has 0 fully saturated rings. The maximum Gasteiger partial charge on any atom is 0.0543 e. The maximum atomic E-state index is 2.47. The summed E-state index contributed by atoms with van der Waals surface area (Å²) in [5.74, 6) is 0. The van der Waals surface area contributed by atoms with E-state index in [9.17, 15) is 0 Å². The summed E-state index contributed by atoms with van der Waals surface area (Å²) in [4.78, 5) is 2.47. The minimum absolute atomic E-state index is 0.106. The summed E-state index contributed by atoms with van der Waals surface area (Å²) in [5, 5.41) is 7.79. The number of para-hydroxylation sites is 1. The van der Waals surface area contributed by atoms with Crippen LogP contribution in [0.2, 0.25) is 0 Å². The van der Waals surface area contributed by atoms with Crippen LogP contribution in [0.15, 0.2) is 152 Å². The quantitative estimate of drug-likeness (QED) is 0.188. The van der Waals surface area contributed by atoms with Crippen LogP contribution in [-0.4, -0.2) is 0 Å². The van der Waals surface area contributed by atoms with E-state index in [1.165, 1.54) is 82.5 Å². The Morgan fingerprint density at radius 1 is 0.388 bits per heavy atom. The Morgan fingerprint density at radius 2 is 1.06 bits per heavy atom. The number of hydrogen-bond donors (Lipinski definition) is 0. The summed E-state index contributed by atoms with van der Waals surface area (Å²) in [5.41, 5.74) is 14.4. The number of anilines is 3. The molecule has 1 nitrogen and oxygen atoms in total. The van der Waals surface area contributed by atoms with Crippen molar-refractivity contribution in [3.63, 3.8) is 0 Å². The van der Waals surface area contributed by atoms with Crippen LogP contribution in [0.5, 0.6) is 0 Å². The minimum atomic E-state index is -0.109. The maximum absolute atomic E-state index is 2.47. The van der Waals surface area contributed by atoms with Crippen molar-refractivity contribution in [2.75, 3.05) is 4.90 Å². The molecule has 1 heteroatoms. The smallest absolute Gasteiger partial charge is 0.0543 e. The zero-order valence-corrected chi connectivity index (χ0v) is 28.4. The lowest BCUT2D eigenvalue weighted by Gasteiger charge is -2.30. The van der Waals surface area contributed by atoms with Crippen LogP contribution in [0.25, 0.3) is 54.6 Å². The van der Waals surface area contributed by atoms with Gasteiger partial charge in [0.2, 0.25) is 0 Å². The third kappa shape index (κ3) is 3.82. The van der Waals surface area contributed by atoms with Gasteiger partial charge < -0.3 is 4.90 Å². The SMILES string of the molecule is CC1(C)c2ccccc2-c2c1cc(N(c1ccccc1)c1ccc3c4c(ccc3c1)-c1c(ccc3ccccc13)C4(C)C)c1ccccc21. The molecule has 0 saturated carbocycles. The lowest BCUT2D eigenvalue weighted by molar-refractivity contribution is 0.661. The molecular formula is C48H37N. The Balaban J connectivity index is 1.22. The Labute approximate surface area is 288 Å². The summed E-state index contributed by atoms with van der Waals surface area (Å²) in [6, 6.07) is 56.6. The molecule has 0 bridgehead atoms. The predicted octanol–water partition coefficient (Wildman–Crippen LogP) is 13.2. The molecule has 0 unspecified atom stereocenters. The second-order valence-electron chi connectivity index (χ2n) is 14.9. The monoisotopic (exact) mass is 627 g/mol. The molecule has 0 amide bonds. The van der Waals surface area contributed by atoms with Crippen molar-refractivity contribution in [1.82, 2.24) is 0 Å². The lowest BCUT2D eigenvalue weighted by Crippen LogP contribution is -2.17. The van der Waals surface area contributed by atoms with Crippen molar-refractivity contribution in [2.45, 2.75) is 38.5 Å². The second kappa shape index (κ2) is 9.94. The molecule has 0 aromatic heterocycles. The molecule has 10 rings (SSSR count). The van der Waals surface area contributed by atoms with Crippen LogP contribution < -0.4 is 4.90 Å². The first-order valence-corrected chi connectivity index (χ1v) is 17.5. The zero-order chi connectivity index (χ0) is 33.1.